The van der Waals surface area contributed by atoms with E-state index in [0.29, 0.717) is 55.7 Å². The number of ketones is 1. The first kappa shape index (κ1) is 32.8. The molecule has 2 aromatic carbocycles. The number of fused-ring (bicyclic) bond motifs is 3. The molecule has 1 heterocycles. The molecule has 4 rings (SSSR count). The molecule has 2 aromatic rings. The summed E-state index contributed by atoms with van der Waals surface area (Å²) in [4.78, 5) is 67.0. The first-order chi connectivity index (χ1) is 21.3. The quantitative estimate of drug-likeness (QED) is 0.118. The Labute approximate surface area is 256 Å². The van der Waals surface area contributed by atoms with E-state index in [1.807, 2.05) is 26.0 Å². The first-order valence-electron chi connectivity index (χ1n) is 15.0. The molecule has 0 aromatic heterocycles. The second-order valence-electron chi connectivity index (χ2n) is 10.5. The van der Waals surface area contributed by atoms with Gasteiger partial charge in [-0.25, -0.2) is 4.79 Å². The summed E-state index contributed by atoms with van der Waals surface area (Å²) in [6, 6.07) is 10.6. The number of nitrogens with zero attached hydrogens (tertiary/aromatic N) is 1. The van der Waals surface area contributed by atoms with Gasteiger partial charge in [-0.05, 0) is 53.3 Å². The second kappa shape index (κ2) is 16.1. The number of nitrogens with one attached hydrogen (secondary N) is 2. The van der Waals surface area contributed by atoms with Gasteiger partial charge in [0.25, 0.3) is 17.7 Å². The summed E-state index contributed by atoms with van der Waals surface area (Å²) in [5, 5.41) is 6.36. The zero-order valence-electron chi connectivity index (χ0n) is 25.1. The Morgan fingerprint density at radius 2 is 1.41 bits per heavy atom. The van der Waals surface area contributed by atoms with Crippen molar-refractivity contribution in [2.45, 2.75) is 45.4 Å². The topological polar surface area (TPSA) is 150 Å². The van der Waals surface area contributed by atoms with Crippen LogP contribution in [0, 0.1) is 0 Å². The summed E-state index contributed by atoms with van der Waals surface area (Å²) >= 11 is 0. The van der Waals surface area contributed by atoms with Crippen LogP contribution in [0.15, 0.2) is 36.4 Å². The lowest BCUT2D eigenvalue weighted by atomic mass is 9.95. The van der Waals surface area contributed by atoms with E-state index in [2.05, 4.69) is 10.6 Å². The highest BCUT2D eigenvalue weighted by Gasteiger charge is 2.35. The highest BCUT2D eigenvalue weighted by molar-refractivity contribution is 6.01. The van der Waals surface area contributed by atoms with Gasteiger partial charge in [0.1, 0.15) is 6.61 Å². The van der Waals surface area contributed by atoms with Gasteiger partial charge in [0.05, 0.1) is 19.8 Å². The Morgan fingerprint density at radius 3 is 2.05 bits per heavy atom. The minimum absolute atomic E-state index is 0.0392. The van der Waals surface area contributed by atoms with Gasteiger partial charge in [0, 0.05) is 56.2 Å². The van der Waals surface area contributed by atoms with Crippen LogP contribution in [-0.2, 0) is 28.6 Å². The van der Waals surface area contributed by atoms with Crippen molar-refractivity contribution in [3.05, 3.63) is 58.7 Å². The van der Waals surface area contributed by atoms with Crippen LogP contribution >= 0.6 is 0 Å². The Kier molecular flexibility index (Phi) is 12.0. The van der Waals surface area contributed by atoms with E-state index in [9.17, 15) is 24.0 Å². The number of amides is 3. The van der Waals surface area contributed by atoms with Crippen LogP contribution in [-0.4, -0.2) is 87.4 Å². The zero-order valence-corrected chi connectivity index (χ0v) is 25.1. The molecule has 1 aliphatic carbocycles. The van der Waals surface area contributed by atoms with Crippen molar-refractivity contribution in [1.29, 1.82) is 0 Å². The SMILES string of the molecule is CCCOCCNCC(=O)c1ccc2c(c1)C(COC(=O)ON1C(=O)CCC1=O)c1cc(C(=O)NCCOCCC)ccc1-2. The van der Waals surface area contributed by atoms with Gasteiger partial charge in [0.15, 0.2) is 5.78 Å². The van der Waals surface area contributed by atoms with Gasteiger partial charge in [0.2, 0.25) is 0 Å². The molecule has 1 saturated heterocycles. The molecule has 0 radical (unpaired) electrons. The molecule has 0 saturated carbocycles. The predicted molar refractivity (Wildman–Crippen MR) is 159 cm³/mol. The van der Waals surface area contributed by atoms with Gasteiger partial charge in [-0.3, -0.25) is 24.0 Å². The molecule has 2 aliphatic rings. The van der Waals surface area contributed by atoms with E-state index in [-0.39, 0.29) is 37.7 Å². The number of carbonyl (C=O) groups is 5. The average molecular weight is 610 g/mol. The number of rotatable bonds is 17. The zero-order chi connectivity index (χ0) is 31.5. The van der Waals surface area contributed by atoms with E-state index in [1.54, 1.807) is 24.3 Å². The van der Waals surface area contributed by atoms with Crippen LogP contribution in [0.1, 0.15) is 77.3 Å². The van der Waals surface area contributed by atoms with Crippen LogP contribution in [0.5, 0.6) is 0 Å². The molecule has 236 valence electrons. The van der Waals surface area contributed by atoms with Crippen molar-refractivity contribution in [2.75, 3.05) is 52.7 Å². The number of hydrogen-bond donors (Lipinski definition) is 2. The van der Waals surface area contributed by atoms with Gasteiger partial charge in [-0.15, -0.1) is 0 Å². The van der Waals surface area contributed by atoms with Crippen LogP contribution in [0.25, 0.3) is 11.1 Å². The molecular weight excluding hydrogens is 570 g/mol. The molecule has 12 nitrogen and oxygen atoms in total. The maximum atomic E-state index is 13.0. The van der Waals surface area contributed by atoms with Crippen LogP contribution in [0.3, 0.4) is 0 Å². The fourth-order valence-electron chi connectivity index (χ4n) is 5.04. The molecular formula is C32H39N3O9. The molecule has 44 heavy (non-hydrogen) atoms. The molecule has 0 bridgehead atoms. The molecule has 0 spiro atoms. The Morgan fingerprint density at radius 1 is 0.818 bits per heavy atom. The third-order valence-electron chi connectivity index (χ3n) is 7.21. The highest BCUT2D eigenvalue weighted by Crippen LogP contribution is 2.45. The third-order valence-corrected chi connectivity index (χ3v) is 7.21. The van der Waals surface area contributed by atoms with Crippen LogP contribution in [0.2, 0.25) is 0 Å². The van der Waals surface area contributed by atoms with Crippen molar-refractivity contribution < 1.29 is 43.0 Å². The summed E-state index contributed by atoms with van der Waals surface area (Å²) in [5.41, 5.74) is 4.03. The molecule has 1 fully saturated rings. The fourth-order valence-corrected chi connectivity index (χ4v) is 5.04. The minimum atomic E-state index is -1.20. The molecule has 1 unspecified atom stereocenters. The Bertz CT molecular complexity index is 1360. The number of ether oxygens (including phenoxy) is 3. The van der Waals surface area contributed by atoms with E-state index in [1.165, 1.54) is 0 Å². The normalized spacial score (nSPS) is 15.2. The maximum Gasteiger partial charge on any atom is 0.533 e. The summed E-state index contributed by atoms with van der Waals surface area (Å²) < 4.78 is 16.3. The van der Waals surface area contributed by atoms with Crippen molar-refractivity contribution in [1.82, 2.24) is 15.7 Å². The Balaban J connectivity index is 1.50. The summed E-state index contributed by atoms with van der Waals surface area (Å²) in [5.74, 6) is -2.17. The van der Waals surface area contributed by atoms with E-state index in [0.717, 1.165) is 35.1 Å². The lowest BCUT2D eigenvalue weighted by molar-refractivity contribution is -0.177. The first-order valence-corrected chi connectivity index (χ1v) is 15.0. The van der Waals surface area contributed by atoms with Crippen molar-refractivity contribution in [2.24, 2.45) is 0 Å². The lowest BCUT2D eigenvalue weighted by Gasteiger charge is -2.17. The molecule has 1 atom stereocenters. The average Bonchev–Trinajstić information content (AvgIpc) is 3.51. The number of carbonyl (C=O) groups excluding carboxylic acids is 5. The van der Waals surface area contributed by atoms with Crippen LogP contribution < -0.4 is 10.6 Å². The molecule has 2 N–H and O–H groups in total. The predicted octanol–water partition coefficient (Wildman–Crippen LogP) is 3.37. The number of hydrogen-bond acceptors (Lipinski definition) is 10. The van der Waals surface area contributed by atoms with Gasteiger partial charge >= 0.3 is 6.16 Å². The van der Waals surface area contributed by atoms with E-state index < -0.39 is 23.9 Å². The molecule has 1 aliphatic heterocycles. The Hall–Kier alpha value is -4.13. The van der Waals surface area contributed by atoms with Crippen LogP contribution in [0.4, 0.5) is 4.79 Å². The largest absolute Gasteiger partial charge is 0.533 e. The number of Topliss-reactive ketones (excluding diaryl/α,β-unsaturated/α-hetero) is 1. The molecule has 3 amide bonds. The third kappa shape index (κ3) is 8.28. The van der Waals surface area contributed by atoms with E-state index >= 15 is 0 Å². The smallest absolute Gasteiger partial charge is 0.432 e. The van der Waals surface area contributed by atoms with E-state index in [4.69, 9.17) is 19.0 Å². The van der Waals surface area contributed by atoms with Gasteiger partial charge in [-0.1, -0.05) is 37.1 Å². The van der Waals surface area contributed by atoms with Crippen molar-refractivity contribution in [3.63, 3.8) is 0 Å². The summed E-state index contributed by atoms with van der Waals surface area (Å²) in [7, 11) is 0. The monoisotopic (exact) mass is 609 g/mol. The second-order valence-corrected chi connectivity index (χ2v) is 10.5. The fraction of sp³-hybridized carbons (Fsp3) is 0.469. The number of hydroxylamine groups is 2. The standard InChI is InChI=1S/C32H39N3O9/c1-3-13-41-15-11-33-19-28(36)21-5-7-23-24-8-6-22(31(39)34-12-16-42-14-4-2)18-26(24)27(25(23)17-21)20-43-32(40)44-35-29(37)9-10-30(35)38/h5-8,17-18,27,33H,3-4,9-16,19-20H2,1-2H3,(H,34,39). The van der Waals surface area contributed by atoms with Gasteiger partial charge in [-0.2, -0.15) is 0 Å². The van der Waals surface area contributed by atoms with Crippen molar-refractivity contribution >= 4 is 29.7 Å². The number of imide groups is 1. The van der Waals surface area contributed by atoms with Gasteiger partial charge < -0.3 is 24.8 Å². The lowest BCUT2D eigenvalue weighted by Crippen LogP contribution is -2.32. The summed E-state index contributed by atoms with van der Waals surface area (Å²) in [6.07, 6.45) is 0.531. The maximum absolute atomic E-state index is 13.0. The number of benzene rings is 2. The summed E-state index contributed by atoms with van der Waals surface area (Å²) in [6.45, 7) is 7.03. The highest BCUT2D eigenvalue weighted by atomic mass is 16.8. The minimum Gasteiger partial charge on any atom is -0.432 e. The van der Waals surface area contributed by atoms with Crippen molar-refractivity contribution in [3.8, 4) is 11.1 Å². The molecule has 12 heteroatoms.